The summed E-state index contributed by atoms with van der Waals surface area (Å²) in [6, 6.07) is 15.0. The lowest BCUT2D eigenvalue weighted by Crippen LogP contribution is -2.25. The number of nitrogens with two attached hydrogens (primary N) is 1. The number of rotatable bonds is 8. The highest BCUT2D eigenvalue weighted by atomic mass is 35.5. The maximum atomic E-state index is 12.1. The number of hydrogen-bond acceptors (Lipinski definition) is 6. The standard InChI is InChI=1S/C19H20ClN5O2S/c1-27-15-8-6-13(7-9-15)10-17-23-24-19(25(17)21)28-12-18(26)22-11-14-4-2-3-5-16(14)20/h2-9H,10-12,21H2,1H3,(H,22,26). The molecule has 1 heterocycles. The molecule has 9 heteroatoms. The van der Waals surface area contributed by atoms with Crippen molar-refractivity contribution in [1.29, 1.82) is 0 Å². The second-order valence-electron chi connectivity index (χ2n) is 5.95. The predicted octanol–water partition coefficient (Wildman–Crippen LogP) is 2.65. The highest BCUT2D eigenvalue weighted by Gasteiger charge is 2.13. The molecule has 3 rings (SSSR count). The van der Waals surface area contributed by atoms with E-state index >= 15 is 0 Å². The monoisotopic (exact) mass is 417 g/mol. The topological polar surface area (TPSA) is 95.1 Å². The van der Waals surface area contributed by atoms with Gasteiger partial charge in [0.1, 0.15) is 5.75 Å². The number of nitrogen functional groups attached to an aromatic ring is 1. The van der Waals surface area contributed by atoms with Crippen molar-refractivity contribution < 1.29 is 9.53 Å². The van der Waals surface area contributed by atoms with Gasteiger partial charge in [0.05, 0.1) is 12.9 Å². The Morgan fingerprint density at radius 2 is 1.96 bits per heavy atom. The van der Waals surface area contributed by atoms with Crippen LogP contribution >= 0.6 is 23.4 Å². The van der Waals surface area contributed by atoms with Crippen LogP contribution in [0.5, 0.6) is 5.75 Å². The van der Waals surface area contributed by atoms with E-state index in [0.29, 0.717) is 29.0 Å². The van der Waals surface area contributed by atoms with E-state index < -0.39 is 0 Å². The first-order chi connectivity index (χ1) is 13.6. The van der Waals surface area contributed by atoms with Crippen molar-refractivity contribution in [3.63, 3.8) is 0 Å². The molecule has 1 amide bonds. The van der Waals surface area contributed by atoms with Crippen LogP contribution in [0.2, 0.25) is 5.02 Å². The van der Waals surface area contributed by atoms with E-state index in [4.69, 9.17) is 22.2 Å². The average molecular weight is 418 g/mol. The van der Waals surface area contributed by atoms with E-state index in [2.05, 4.69) is 15.5 Å². The molecule has 1 aromatic heterocycles. The zero-order valence-corrected chi connectivity index (χ0v) is 16.8. The smallest absolute Gasteiger partial charge is 0.230 e. The highest BCUT2D eigenvalue weighted by Crippen LogP contribution is 2.18. The zero-order valence-electron chi connectivity index (χ0n) is 15.3. The van der Waals surface area contributed by atoms with Gasteiger partial charge in [0, 0.05) is 18.0 Å². The second kappa shape index (κ2) is 9.48. The largest absolute Gasteiger partial charge is 0.497 e. The summed E-state index contributed by atoms with van der Waals surface area (Å²) in [6.45, 7) is 0.372. The fraction of sp³-hybridized carbons (Fsp3) is 0.211. The number of thioether (sulfide) groups is 1. The fourth-order valence-corrected chi connectivity index (χ4v) is 3.38. The van der Waals surface area contributed by atoms with Crippen LogP contribution in [-0.2, 0) is 17.8 Å². The van der Waals surface area contributed by atoms with Crippen molar-refractivity contribution in [3.05, 3.63) is 70.5 Å². The van der Waals surface area contributed by atoms with Crippen molar-refractivity contribution in [2.45, 2.75) is 18.1 Å². The van der Waals surface area contributed by atoms with Crippen LogP contribution in [0.3, 0.4) is 0 Å². The minimum absolute atomic E-state index is 0.135. The van der Waals surface area contributed by atoms with Gasteiger partial charge in [-0.15, -0.1) is 10.2 Å². The number of benzene rings is 2. The fourth-order valence-electron chi connectivity index (χ4n) is 2.47. The summed E-state index contributed by atoms with van der Waals surface area (Å²) in [6.07, 6.45) is 0.534. The molecule has 0 atom stereocenters. The van der Waals surface area contributed by atoms with E-state index in [1.807, 2.05) is 42.5 Å². The summed E-state index contributed by atoms with van der Waals surface area (Å²) < 4.78 is 6.56. The molecule has 0 radical (unpaired) electrons. The maximum Gasteiger partial charge on any atom is 0.230 e. The molecule has 3 aromatic rings. The Labute approximate surface area is 172 Å². The SMILES string of the molecule is COc1ccc(Cc2nnc(SCC(=O)NCc3ccccc3Cl)n2N)cc1. The molecule has 0 aliphatic heterocycles. The van der Waals surface area contributed by atoms with Crippen molar-refractivity contribution in [3.8, 4) is 5.75 Å². The number of nitrogens with zero attached hydrogens (tertiary/aromatic N) is 3. The van der Waals surface area contributed by atoms with E-state index in [9.17, 15) is 4.79 Å². The van der Waals surface area contributed by atoms with Crippen LogP contribution in [0.4, 0.5) is 0 Å². The molecular formula is C19H20ClN5O2S. The molecule has 0 bridgehead atoms. The molecule has 28 heavy (non-hydrogen) atoms. The summed E-state index contributed by atoms with van der Waals surface area (Å²) in [5, 5.41) is 12.1. The molecule has 0 aliphatic rings. The van der Waals surface area contributed by atoms with Gasteiger partial charge in [-0.25, -0.2) is 4.68 Å². The van der Waals surface area contributed by atoms with Gasteiger partial charge in [0.15, 0.2) is 5.82 Å². The lowest BCUT2D eigenvalue weighted by atomic mass is 10.1. The van der Waals surface area contributed by atoms with Gasteiger partial charge in [0.2, 0.25) is 11.1 Å². The summed E-state index contributed by atoms with van der Waals surface area (Å²) in [7, 11) is 1.62. The Kier molecular flexibility index (Phi) is 6.78. The van der Waals surface area contributed by atoms with Crippen LogP contribution in [0, 0.1) is 0 Å². The van der Waals surface area contributed by atoms with Crippen LogP contribution in [0.25, 0.3) is 0 Å². The number of carbonyl (C=O) groups excluding carboxylic acids is 1. The summed E-state index contributed by atoms with van der Waals surface area (Å²) in [5.74, 6) is 7.53. The minimum Gasteiger partial charge on any atom is -0.497 e. The van der Waals surface area contributed by atoms with Crippen LogP contribution < -0.4 is 15.9 Å². The van der Waals surface area contributed by atoms with Gasteiger partial charge < -0.3 is 15.9 Å². The van der Waals surface area contributed by atoms with Crippen molar-refractivity contribution in [2.24, 2.45) is 0 Å². The van der Waals surface area contributed by atoms with Gasteiger partial charge in [-0.2, -0.15) is 0 Å². The number of nitrogens with one attached hydrogen (secondary N) is 1. The maximum absolute atomic E-state index is 12.1. The van der Waals surface area contributed by atoms with Crippen molar-refractivity contribution >= 4 is 29.3 Å². The molecule has 0 spiro atoms. The minimum atomic E-state index is -0.135. The molecule has 2 aromatic carbocycles. The number of aromatic nitrogens is 3. The quantitative estimate of drug-likeness (QED) is 0.432. The third kappa shape index (κ3) is 5.17. The second-order valence-corrected chi connectivity index (χ2v) is 7.30. The Morgan fingerprint density at radius 3 is 2.68 bits per heavy atom. The third-order valence-electron chi connectivity index (χ3n) is 4.02. The molecule has 3 N–H and O–H groups in total. The van der Waals surface area contributed by atoms with E-state index in [1.54, 1.807) is 13.2 Å². The van der Waals surface area contributed by atoms with Gasteiger partial charge in [-0.05, 0) is 29.3 Å². The number of amides is 1. The molecule has 0 saturated heterocycles. The van der Waals surface area contributed by atoms with Crippen molar-refractivity contribution in [2.75, 3.05) is 18.7 Å². The van der Waals surface area contributed by atoms with Gasteiger partial charge in [-0.1, -0.05) is 53.7 Å². The summed E-state index contributed by atoms with van der Waals surface area (Å²) >= 11 is 7.32. The van der Waals surface area contributed by atoms with Crippen LogP contribution in [-0.4, -0.2) is 33.6 Å². The van der Waals surface area contributed by atoms with Crippen molar-refractivity contribution in [1.82, 2.24) is 20.2 Å². The first kappa shape index (κ1) is 20.0. The lowest BCUT2D eigenvalue weighted by Gasteiger charge is -2.07. The van der Waals surface area contributed by atoms with Crippen LogP contribution in [0.15, 0.2) is 53.7 Å². The van der Waals surface area contributed by atoms with E-state index in [-0.39, 0.29) is 11.7 Å². The predicted molar refractivity (Wildman–Crippen MR) is 110 cm³/mol. The Balaban J connectivity index is 1.52. The Bertz CT molecular complexity index is 946. The first-order valence-electron chi connectivity index (χ1n) is 8.52. The third-order valence-corrected chi connectivity index (χ3v) is 5.33. The summed E-state index contributed by atoms with van der Waals surface area (Å²) in [4.78, 5) is 12.1. The molecule has 146 valence electrons. The number of halogens is 1. The molecule has 0 unspecified atom stereocenters. The number of carbonyl (C=O) groups is 1. The number of hydrogen-bond donors (Lipinski definition) is 2. The van der Waals surface area contributed by atoms with Gasteiger partial charge >= 0.3 is 0 Å². The van der Waals surface area contributed by atoms with E-state index in [1.165, 1.54) is 16.4 Å². The van der Waals surface area contributed by atoms with Gasteiger partial charge in [0.25, 0.3) is 0 Å². The number of ether oxygens (including phenoxy) is 1. The lowest BCUT2D eigenvalue weighted by molar-refractivity contribution is -0.118. The Hall–Kier alpha value is -2.71. The van der Waals surface area contributed by atoms with Gasteiger partial charge in [-0.3, -0.25) is 4.79 Å². The molecule has 7 nitrogen and oxygen atoms in total. The Morgan fingerprint density at radius 1 is 1.21 bits per heavy atom. The zero-order chi connectivity index (χ0) is 19.9. The highest BCUT2D eigenvalue weighted by molar-refractivity contribution is 7.99. The summed E-state index contributed by atoms with van der Waals surface area (Å²) in [5.41, 5.74) is 1.90. The number of methoxy groups -OCH3 is 1. The average Bonchev–Trinajstić information content (AvgIpc) is 3.06. The molecule has 0 saturated carbocycles. The van der Waals surface area contributed by atoms with Crippen LogP contribution in [0.1, 0.15) is 17.0 Å². The van der Waals surface area contributed by atoms with E-state index in [0.717, 1.165) is 16.9 Å². The molecule has 0 fully saturated rings. The molecular weight excluding hydrogens is 398 g/mol. The normalized spacial score (nSPS) is 10.6. The molecule has 0 aliphatic carbocycles. The first-order valence-corrected chi connectivity index (χ1v) is 9.88.